The summed E-state index contributed by atoms with van der Waals surface area (Å²) in [5, 5.41) is 13.4. The van der Waals surface area contributed by atoms with E-state index in [1.165, 1.54) is 25.8 Å². The van der Waals surface area contributed by atoms with Gasteiger partial charge in [-0.1, -0.05) is 12.8 Å². The number of nitrogens with one attached hydrogen (secondary N) is 1. The maximum atomic E-state index is 9.82. The number of hydrogen-bond acceptors (Lipinski definition) is 3. The van der Waals surface area contributed by atoms with Crippen molar-refractivity contribution in [1.82, 2.24) is 10.2 Å². The van der Waals surface area contributed by atoms with Gasteiger partial charge in [-0.2, -0.15) is 0 Å². The molecule has 0 amide bonds. The molecule has 1 aliphatic carbocycles. The van der Waals surface area contributed by atoms with E-state index in [0.717, 1.165) is 19.4 Å². The summed E-state index contributed by atoms with van der Waals surface area (Å²) in [6.07, 6.45) is 5.75. The second kappa shape index (κ2) is 4.60. The summed E-state index contributed by atoms with van der Waals surface area (Å²) >= 11 is 0. The Morgan fingerprint density at radius 3 is 2.64 bits per heavy atom. The van der Waals surface area contributed by atoms with E-state index in [1.807, 2.05) is 0 Å². The zero-order valence-electron chi connectivity index (χ0n) is 9.08. The van der Waals surface area contributed by atoms with Crippen LogP contribution in [0.1, 0.15) is 32.1 Å². The van der Waals surface area contributed by atoms with Crippen molar-refractivity contribution >= 4 is 0 Å². The van der Waals surface area contributed by atoms with Crippen molar-refractivity contribution in [2.45, 2.75) is 50.3 Å². The molecular formula is C11H22N2O. The van der Waals surface area contributed by atoms with Crippen molar-refractivity contribution in [2.75, 3.05) is 20.1 Å². The number of hydrogen-bond donors (Lipinski definition) is 2. The fourth-order valence-corrected chi connectivity index (χ4v) is 2.68. The highest BCUT2D eigenvalue weighted by atomic mass is 16.3. The van der Waals surface area contributed by atoms with E-state index >= 15 is 0 Å². The lowest BCUT2D eigenvalue weighted by Crippen LogP contribution is -2.47. The second-order valence-electron chi connectivity index (χ2n) is 4.87. The van der Waals surface area contributed by atoms with Gasteiger partial charge in [0.25, 0.3) is 0 Å². The van der Waals surface area contributed by atoms with Gasteiger partial charge in [-0.05, 0) is 32.9 Å². The van der Waals surface area contributed by atoms with E-state index in [-0.39, 0.29) is 6.10 Å². The molecule has 3 atom stereocenters. The van der Waals surface area contributed by atoms with Crippen LogP contribution >= 0.6 is 0 Å². The van der Waals surface area contributed by atoms with Crippen molar-refractivity contribution in [3.8, 4) is 0 Å². The van der Waals surface area contributed by atoms with Gasteiger partial charge in [-0.3, -0.25) is 0 Å². The molecule has 0 bridgehead atoms. The first kappa shape index (κ1) is 10.4. The largest absolute Gasteiger partial charge is 0.392 e. The van der Waals surface area contributed by atoms with Gasteiger partial charge < -0.3 is 15.3 Å². The molecule has 1 saturated heterocycles. The van der Waals surface area contributed by atoms with E-state index in [1.54, 1.807) is 0 Å². The van der Waals surface area contributed by atoms with Gasteiger partial charge in [0.05, 0.1) is 6.10 Å². The quantitative estimate of drug-likeness (QED) is 0.681. The molecule has 14 heavy (non-hydrogen) atoms. The fraction of sp³-hybridized carbons (Fsp3) is 1.00. The summed E-state index contributed by atoms with van der Waals surface area (Å²) in [5.74, 6) is 0. The highest BCUT2D eigenvalue weighted by Gasteiger charge is 2.27. The predicted molar refractivity (Wildman–Crippen MR) is 57.3 cm³/mol. The third-order valence-corrected chi connectivity index (χ3v) is 3.57. The number of aliphatic hydroxyl groups excluding tert-OH is 1. The average molecular weight is 198 g/mol. The second-order valence-corrected chi connectivity index (χ2v) is 4.87. The molecule has 0 spiro atoms. The molecule has 2 rings (SSSR count). The minimum atomic E-state index is -0.102. The lowest BCUT2D eigenvalue weighted by Gasteiger charge is -2.31. The van der Waals surface area contributed by atoms with Crippen LogP contribution < -0.4 is 5.32 Å². The Bertz CT molecular complexity index is 186. The number of aliphatic hydroxyl groups is 1. The van der Waals surface area contributed by atoms with Crippen molar-refractivity contribution in [2.24, 2.45) is 0 Å². The average Bonchev–Trinajstić information content (AvgIpc) is 2.56. The normalized spacial score (nSPS) is 40.3. The lowest BCUT2D eigenvalue weighted by atomic mass is 9.92. The monoisotopic (exact) mass is 198 g/mol. The highest BCUT2D eigenvalue weighted by molar-refractivity contribution is 4.87. The molecule has 1 heterocycles. The fourth-order valence-electron chi connectivity index (χ4n) is 2.68. The third-order valence-electron chi connectivity index (χ3n) is 3.57. The molecule has 1 saturated carbocycles. The maximum Gasteiger partial charge on any atom is 0.0693 e. The van der Waals surface area contributed by atoms with Crippen molar-refractivity contribution < 1.29 is 5.11 Å². The van der Waals surface area contributed by atoms with Crippen LogP contribution in [0.3, 0.4) is 0 Å². The molecule has 2 N–H and O–H groups in total. The van der Waals surface area contributed by atoms with Crippen molar-refractivity contribution in [3.05, 3.63) is 0 Å². The smallest absolute Gasteiger partial charge is 0.0693 e. The highest BCUT2D eigenvalue weighted by Crippen LogP contribution is 2.20. The van der Waals surface area contributed by atoms with Crippen LogP contribution in [0, 0.1) is 0 Å². The molecule has 0 aromatic rings. The molecule has 2 fully saturated rings. The standard InChI is InChI=1S/C11H22N2O/c1-13-7-6-9(8-13)12-10-4-2-3-5-11(10)14/h9-12,14H,2-8H2,1H3/t9?,10-,11-/m0/s1. The van der Waals surface area contributed by atoms with Crippen LogP contribution in [-0.4, -0.2) is 48.3 Å². The first-order valence-corrected chi connectivity index (χ1v) is 5.88. The topological polar surface area (TPSA) is 35.5 Å². The SMILES string of the molecule is CN1CCC(N[C@H]2CCCC[C@@H]2O)C1. The van der Waals surface area contributed by atoms with E-state index in [9.17, 15) is 5.11 Å². The third kappa shape index (κ3) is 2.47. The van der Waals surface area contributed by atoms with Gasteiger partial charge in [-0.15, -0.1) is 0 Å². The molecule has 1 aliphatic heterocycles. The summed E-state index contributed by atoms with van der Waals surface area (Å²) in [4.78, 5) is 2.35. The molecule has 2 aliphatic rings. The Balaban J connectivity index is 1.78. The first-order valence-electron chi connectivity index (χ1n) is 5.88. The molecule has 0 radical (unpaired) electrons. The molecule has 3 heteroatoms. The Morgan fingerprint density at radius 1 is 1.21 bits per heavy atom. The van der Waals surface area contributed by atoms with Crippen LogP contribution in [0.25, 0.3) is 0 Å². The molecule has 3 nitrogen and oxygen atoms in total. The summed E-state index contributed by atoms with van der Waals surface area (Å²) in [6.45, 7) is 2.34. The van der Waals surface area contributed by atoms with E-state index in [4.69, 9.17) is 0 Å². The minimum Gasteiger partial charge on any atom is -0.392 e. The lowest BCUT2D eigenvalue weighted by molar-refractivity contribution is 0.0854. The van der Waals surface area contributed by atoms with Gasteiger partial charge in [0, 0.05) is 18.6 Å². The zero-order chi connectivity index (χ0) is 9.97. The Hall–Kier alpha value is -0.120. The molecule has 1 unspecified atom stereocenters. The van der Waals surface area contributed by atoms with Gasteiger partial charge >= 0.3 is 0 Å². The van der Waals surface area contributed by atoms with E-state index < -0.39 is 0 Å². The minimum absolute atomic E-state index is 0.102. The summed E-state index contributed by atoms with van der Waals surface area (Å²) in [5.41, 5.74) is 0. The predicted octanol–water partition coefficient (Wildman–Crippen LogP) is 0.584. The first-order chi connectivity index (χ1) is 6.75. The number of rotatable bonds is 2. The van der Waals surface area contributed by atoms with Crippen LogP contribution in [0.15, 0.2) is 0 Å². The van der Waals surface area contributed by atoms with E-state index in [2.05, 4.69) is 17.3 Å². The molecule has 0 aromatic carbocycles. The Labute approximate surface area is 86.5 Å². The van der Waals surface area contributed by atoms with Gasteiger partial charge in [0.2, 0.25) is 0 Å². The summed E-state index contributed by atoms with van der Waals surface area (Å²) in [7, 11) is 2.17. The Morgan fingerprint density at radius 2 is 2.00 bits per heavy atom. The number of likely N-dealkylation sites (N-methyl/N-ethyl adjacent to an activating group) is 1. The van der Waals surface area contributed by atoms with Crippen LogP contribution in [0.2, 0.25) is 0 Å². The Kier molecular flexibility index (Phi) is 3.42. The van der Waals surface area contributed by atoms with Gasteiger partial charge in [0.1, 0.15) is 0 Å². The summed E-state index contributed by atoms with van der Waals surface area (Å²) < 4.78 is 0. The number of likely N-dealkylation sites (tertiary alicyclic amines) is 1. The van der Waals surface area contributed by atoms with Gasteiger partial charge in [-0.25, -0.2) is 0 Å². The van der Waals surface area contributed by atoms with Crippen molar-refractivity contribution in [1.29, 1.82) is 0 Å². The molecule has 0 aromatic heterocycles. The summed E-state index contributed by atoms with van der Waals surface area (Å²) in [6, 6.07) is 0.970. The van der Waals surface area contributed by atoms with Crippen LogP contribution in [0.4, 0.5) is 0 Å². The van der Waals surface area contributed by atoms with Gasteiger partial charge in [0.15, 0.2) is 0 Å². The maximum absolute atomic E-state index is 9.82. The molecule has 82 valence electrons. The number of nitrogens with zero attached hydrogens (tertiary/aromatic N) is 1. The zero-order valence-corrected chi connectivity index (χ0v) is 9.08. The van der Waals surface area contributed by atoms with Crippen molar-refractivity contribution in [3.63, 3.8) is 0 Å². The van der Waals surface area contributed by atoms with Crippen LogP contribution in [0.5, 0.6) is 0 Å². The van der Waals surface area contributed by atoms with Crippen LogP contribution in [-0.2, 0) is 0 Å². The molecular weight excluding hydrogens is 176 g/mol. The van der Waals surface area contributed by atoms with E-state index in [0.29, 0.717) is 12.1 Å².